The van der Waals surface area contributed by atoms with Crippen molar-refractivity contribution >= 4 is 11.6 Å². The van der Waals surface area contributed by atoms with E-state index in [9.17, 15) is 4.79 Å². The molecule has 0 bridgehead atoms. The van der Waals surface area contributed by atoms with E-state index in [-0.39, 0.29) is 5.91 Å². The number of hydrazone groups is 1. The molecule has 1 heterocycles. The van der Waals surface area contributed by atoms with Gasteiger partial charge in [0.15, 0.2) is 5.69 Å². The van der Waals surface area contributed by atoms with Crippen molar-refractivity contribution < 1.29 is 4.79 Å². The maximum Gasteiger partial charge on any atom is 0.291 e. The largest absolute Gasteiger partial charge is 0.291 e. The van der Waals surface area contributed by atoms with Gasteiger partial charge in [0, 0.05) is 5.69 Å². The molecule has 0 saturated heterocycles. The van der Waals surface area contributed by atoms with Gasteiger partial charge in [-0.05, 0) is 36.6 Å². The third kappa shape index (κ3) is 3.57. The SMILES string of the molecule is C/C(=N\NC(=O)c1cc(C)[nH]n1)c1ccc(-c2ccccc2)cc1. The third-order valence-corrected chi connectivity index (χ3v) is 3.67. The first-order valence-electron chi connectivity index (χ1n) is 7.66. The minimum absolute atomic E-state index is 0.323. The van der Waals surface area contributed by atoms with E-state index < -0.39 is 0 Å². The van der Waals surface area contributed by atoms with Crippen molar-refractivity contribution in [3.05, 3.63) is 77.6 Å². The lowest BCUT2D eigenvalue weighted by atomic mass is 10.0. The number of aryl methyl sites for hydroxylation is 1. The summed E-state index contributed by atoms with van der Waals surface area (Å²) in [6.07, 6.45) is 0. The van der Waals surface area contributed by atoms with Gasteiger partial charge in [0.2, 0.25) is 0 Å². The highest BCUT2D eigenvalue weighted by Crippen LogP contribution is 2.19. The summed E-state index contributed by atoms with van der Waals surface area (Å²) in [5.74, 6) is -0.334. The fourth-order valence-corrected chi connectivity index (χ4v) is 2.33. The minimum atomic E-state index is -0.334. The van der Waals surface area contributed by atoms with E-state index in [2.05, 4.69) is 32.9 Å². The number of aromatic nitrogens is 2. The molecule has 1 amide bonds. The molecule has 0 fully saturated rings. The zero-order chi connectivity index (χ0) is 16.9. The monoisotopic (exact) mass is 318 g/mol. The lowest BCUT2D eigenvalue weighted by molar-refractivity contribution is 0.0950. The normalized spacial score (nSPS) is 11.3. The molecular formula is C19H18N4O. The van der Waals surface area contributed by atoms with Crippen molar-refractivity contribution in [2.45, 2.75) is 13.8 Å². The van der Waals surface area contributed by atoms with Crippen molar-refractivity contribution in [3.8, 4) is 11.1 Å². The first kappa shape index (κ1) is 15.7. The number of aromatic amines is 1. The van der Waals surface area contributed by atoms with Gasteiger partial charge in [-0.3, -0.25) is 9.89 Å². The van der Waals surface area contributed by atoms with E-state index in [1.165, 1.54) is 5.56 Å². The number of hydrogen-bond donors (Lipinski definition) is 2. The first-order chi connectivity index (χ1) is 11.6. The van der Waals surface area contributed by atoms with Gasteiger partial charge in [-0.25, -0.2) is 5.43 Å². The molecule has 2 aromatic carbocycles. The number of amides is 1. The molecule has 3 aromatic rings. The molecule has 0 unspecified atom stereocenters. The Labute approximate surface area is 140 Å². The molecule has 1 aromatic heterocycles. The molecule has 0 radical (unpaired) electrons. The number of nitrogens with zero attached hydrogens (tertiary/aromatic N) is 2. The Kier molecular flexibility index (Phi) is 4.52. The van der Waals surface area contributed by atoms with Crippen LogP contribution in [0.2, 0.25) is 0 Å². The summed E-state index contributed by atoms with van der Waals surface area (Å²) < 4.78 is 0. The van der Waals surface area contributed by atoms with Gasteiger partial charge in [0.05, 0.1) is 5.71 Å². The Hall–Kier alpha value is -3.21. The van der Waals surface area contributed by atoms with Gasteiger partial charge in [-0.1, -0.05) is 54.6 Å². The van der Waals surface area contributed by atoms with Crippen LogP contribution in [0.15, 0.2) is 65.8 Å². The molecule has 120 valence electrons. The molecule has 0 atom stereocenters. The highest BCUT2D eigenvalue weighted by molar-refractivity contribution is 6.00. The van der Waals surface area contributed by atoms with Gasteiger partial charge in [0.25, 0.3) is 5.91 Å². The van der Waals surface area contributed by atoms with E-state index >= 15 is 0 Å². The molecule has 0 aliphatic rings. The quantitative estimate of drug-likeness (QED) is 0.570. The highest BCUT2D eigenvalue weighted by Gasteiger charge is 2.08. The Morgan fingerprint density at radius 1 is 1.04 bits per heavy atom. The first-order valence-corrected chi connectivity index (χ1v) is 7.66. The summed E-state index contributed by atoms with van der Waals surface area (Å²) in [6.45, 7) is 3.69. The number of nitrogens with one attached hydrogen (secondary N) is 2. The van der Waals surface area contributed by atoms with Crippen LogP contribution in [0.4, 0.5) is 0 Å². The second-order valence-corrected chi connectivity index (χ2v) is 5.52. The number of hydrogen-bond acceptors (Lipinski definition) is 3. The smallest absolute Gasteiger partial charge is 0.282 e. The molecule has 5 nitrogen and oxygen atoms in total. The van der Waals surface area contributed by atoms with Crippen LogP contribution >= 0.6 is 0 Å². The average molecular weight is 318 g/mol. The van der Waals surface area contributed by atoms with Gasteiger partial charge >= 0.3 is 0 Å². The molecule has 2 N–H and O–H groups in total. The number of carbonyl (C=O) groups is 1. The van der Waals surface area contributed by atoms with Crippen LogP contribution in [0.5, 0.6) is 0 Å². The minimum Gasteiger partial charge on any atom is -0.282 e. The fraction of sp³-hybridized carbons (Fsp3) is 0.105. The summed E-state index contributed by atoms with van der Waals surface area (Å²) in [5, 5.41) is 10.8. The van der Waals surface area contributed by atoms with E-state index in [0.29, 0.717) is 5.69 Å². The molecule has 0 saturated carbocycles. The Morgan fingerprint density at radius 3 is 2.33 bits per heavy atom. The van der Waals surface area contributed by atoms with E-state index in [4.69, 9.17) is 0 Å². The molecule has 24 heavy (non-hydrogen) atoms. The molecular weight excluding hydrogens is 300 g/mol. The second-order valence-electron chi connectivity index (χ2n) is 5.52. The van der Waals surface area contributed by atoms with Gasteiger partial charge in [-0.2, -0.15) is 10.2 Å². The van der Waals surface area contributed by atoms with Crippen molar-refractivity contribution in [1.29, 1.82) is 0 Å². The fourth-order valence-electron chi connectivity index (χ4n) is 2.33. The van der Waals surface area contributed by atoms with Crippen molar-refractivity contribution in [1.82, 2.24) is 15.6 Å². The van der Waals surface area contributed by atoms with Gasteiger partial charge in [-0.15, -0.1) is 0 Å². The molecule has 0 aliphatic heterocycles. The maximum absolute atomic E-state index is 11.9. The highest BCUT2D eigenvalue weighted by atomic mass is 16.2. The summed E-state index contributed by atoms with van der Waals surface area (Å²) in [7, 11) is 0. The van der Waals surface area contributed by atoms with Crippen LogP contribution in [0, 0.1) is 6.92 Å². The van der Waals surface area contributed by atoms with E-state index in [0.717, 1.165) is 22.5 Å². The van der Waals surface area contributed by atoms with Crippen LogP contribution in [0.1, 0.15) is 28.7 Å². The number of benzene rings is 2. The molecule has 3 rings (SSSR count). The second kappa shape index (κ2) is 6.91. The zero-order valence-electron chi connectivity index (χ0n) is 13.6. The number of carbonyl (C=O) groups excluding carboxylic acids is 1. The van der Waals surface area contributed by atoms with Crippen molar-refractivity contribution in [3.63, 3.8) is 0 Å². The van der Waals surface area contributed by atoms with Crippen LogP contribution < -0.4 is 5.43 Å². The third-order valence-electron chi connectivity index (χ3n) is 3.67. The van der Waals surface area contributed by atoms with Crippen molar-refractivity contribution in [2.24, 2.45) is 5.10 Å². The van der Waals surface area contributed by atoms with Crippen LogP contribution in [0.25, 0.3) is 11.1 Å². The van der Waals surface area contributed by atoms with E-state index in [1.54, 1.807) is 6.07 Å². The Morgan fingerprint density at radius 2 is 1.71 bits per heavy atom. The van der Waals surface area contributed by atoms with Gasteiger partial charge < -0.3 is 0 Å². The number of rotatable bonds is 4. The zero-order valence-corrected chi connectivity index (χ0v) is 13.6. The van der Waals surface area contributed by atoms with Crippen LogP contribution in [0.3, 0.4) is 0 Å². The Balaban J connectivity index is 1.70. The molecule has 5 heteroatoms. The topological polar surface area (TPSA) is 70.1 Å². The lowest BCUT2D eigenvalue weighted by Gasteiger charge is -2.05. The van der Waals surface area contributed by atoms with Crippen LogP contribution in [-0.4, -0.2) is 21.8 Å². The summed E-state index contributed by atoms with van der Waals surface area (Å²) in [5.41, 5.74) is 7.67. The van der Waals surface area contributed by atoms with E-state index in [1.807, 2.05) is 56.3 Å². The summed E-state index contributed by atoms with van der Waals surface area (Å²) >= 11 is 0. The molecule has 0 spiro atoms. The van der Waals surface area contributed by atoms with Crippen molar-refractivity contribution in [2.75, 3.05) is 0 Å². The predicted molar refractivity (Wildman–Crippen MR) is 94.9 cm³/mol. The van der Waals surface area contributed by atoms with Crippen LogP contribution in [-0.2, 0) is 0 Å². The maximum atomic E-state index is 11.9. The lowest BCUT2D eigenvalue weighted by Crippen LogP contribution is -2.19. The van der Waals surface area contributed by atoms with Gasteiger partial charge in [0.1, 0.15) is 0 Å². The molecule has 0 aliphatic carbocycles. The Bertz CT molecular complexity index is 864. The predicted octanol–water partition coefficient (Wildman–Crippen LogP) is 3.54. The number of H-pyrrole nitrogens is 1. The summed E-state index contributed by atoms with van der Waals surface area (Å²) in [4.78, 5) is 11.9. The standard InChI is InChI=1S/C19H18N4O/c1-13-12-18(22-20-13)19(24)23-21-14(2)15-8-10-17(11-9-15)16-6-4-3-5-7-16/h3-12H,1-2H3,(H,20,22)(H,23,24)/b21-14+. The average Bonchev–Trinajstić information content (AvgIpc) is 3.07. The summed E-state index contributed by atoms with van der Waals surface area (Å²) in [6, 6.07) is 19.9.